The molecule has 0 amide bonds. The quantitative estimate of drug-likeness (QED) is 0.225. The fraction of sp³-hybridized carbons (Fsp3) is 0.357. The van der Waals surface area contributed by atoms with E-state index >= 15 is 0 Å². The molecule has 6 nitrogen and oxygen atoms in total. The van der Waals surface area contributed by atoms with Gasteiger partial charge in [-0.15, -0.1) is 0 Å². The maximum absolute atomic E-state index is 11.7. The molecule has 2 aromatic carbocycles. The fourth-order valence-corrected chi connectivity index (χ4v) is 5.66. The van der Waals surface area contributed by atoms with E-state index in [0.717, 1.165) is 32.8 Å². The lowest BCUT2D eigenvalue weighted by atomic mass is 10.1. The molecule has 0 bridgehead atoms. The summed E-state index contributed by atoms with van der Waals surface area (Å²) in [5, 5.41) is 2.39. The smallest absolute Gasteiger partial charge is 0.309 e. The van der Waals surface area contributed by atoms with Crippen LogP contribution in [0, 0.1) is 11.8 Å². The van der Waals surface area contributed by atoms with Crippen molar-refractivity contribution in [2.24, 2.45) is 11.8 Å². The number of carbonyl (C=O) groups excluding carboxylic acids is 2. The number of nitrogens with one attached hydrogen (secondary N) is 2. The third-order valence-electron chi connectivity index (χ3n) is 6.91. The topological polar surface area (TPSA) is 84.2 Å². The van der Waals surface area contributed by atoms with Gasteiger partial charge in [0.05, 0.1) is 25.0 Å². The fourth-order valence-electron chi connectivity index (χ4n) is 4.94. The van der Waals surface area contributed by atoms with Crippen LogP contribution in [-0.4, -0.2) is 35.1 Å². The molecule has 0 aliphatic heterocycles. The maximum atomic E-state index is 11.7. The largest absolute Gasteiger partial charge is 0.466 e. The van der Waals surface area contributed by atoms with Crippen molar-refractivity contribution in [3.8, 4) is 0 Å². The molecule has 0 spiro atoms. The van der Waals surface area contributed by atoms with Gasteiger partial charge in [0, 0.05) is 55.0 Å². The molecule has 2 aliphatic carbocycles. The minimum atomic E-state index is -0.0631. The van der Waals surface area contributed by atoms with Gasteiger partial charge in [-0.2, -0.15) is 0 Å². The van der Waals surface area contributed by atoms with Gasteiger partial charge in [-0.1, -0.05) is 31.9 Å². The average molecular weight is 616 g/mol. The molecule has 2 N–H and O–H groups in total. The molecule has 8 heteroatoms. The average Bonchev–Trinajstić information content (AvgIpc) is 3.75. The molecule has 4 aromatic rings. The number of carbonyl (C=O) groups is 2. The highest BCUT2D eigenvalue weighted by molar-refractivity contribution is 9.10. The summed E-state index contributed by atoms with van der Waals surface area (Å²) >= 11 is 6.97. The Hall–Kier alpha value is -2.58. The number of aromatic nitrogens is 2. The molecule has 0 radical (unpaired) electrons. The third kappa shape index (κ3) is 5.11. The molecule has 6 rings (SSSR count). The molecule has 2 saturated carbocycles. The van der Waals surface area contributed by atoms with Crippen molar-refractivity contribution in [2.75, 3.05) is 13.2 Å². The molecule has 4 atom stereocenters. The predicted octanol–water partition coefficient (Wildman–Crippen LogP) is 7.19. The van der Waals surface area contributed by atoms with Crippen LogP contribution < -0.4 is 0 Å². The van der Waals surface area contributed by atoms with Gasteiger partial charge >= 0.3 is 11.9 Å². The molecular formula is C28H28Br2N2O4. The summed E-state index contributed by atoms with van der Waals surface area (Å²) < 4.78 is 12.3. The molecule has 36 heavy (non-hydrogen) atoms. The molecule has 2 aromatic heterocycles. The highest BCUT2D eigenvalue weighted by atomic mass is 79.9. The maximum Gasteiger partial charge on any atom is 0.309 e. The van der Waals surface area contributed by atoms with Crippen LogP contribution in [0.1, 0.15) is 49.7 Å². The van der Waals surface area contributed by atoms with Crippen molar-refractivity contribution >= 4 is 65.6 Å². The normalized spacial score (nSPS) is 22.1. The van der Waals surface area contributed by atoms with E-state index in [1.54, 1.807) is 0 Å². The van der Waals surface area contributed by atoms with Crippen LogP contribution in [0.4, 0.5) is 0 Å². The Morgan fingerprint density at radius 2 is 1.19 bits per heavy atom. The number of rotatable bonds is 6. The summed E-state index contributed by atoms with van der Waals surface area (Å²) in [5.41, 5.74) is 4.68. The summed E-state index contributed by atoms with van der Waals surface area (Å²) in [6, 6.07) is 12.3. The number of aromatic amines is 2. The number of fused-ring (bicyclic) bond motifs is 2. The first-order chi connectivity index (χ1) is 17.4. The number of H-pyrrole nitrogens is 2. The lowest BCUT2D eigenvalue weighted by molar-refractivity contribution is -0.145. The van der Waals surface area contributed by atoms with E-state index in [9.17, 15) is 9.59 Å². The number of hydrogen-bond donors (Lipinski definition) is 2. The van der Waals surface area contributed by atoms with Gasteiger partial charge in [0.1, 0.15) is 0 Å². The Morgan fingerprint density at radius 3 is 1.58 bits per heavy atom. The van der Waals surface area contributed by atoms with Crippen molar-refractivity contribution < 1.29 is 19.1 Å². The first-order valence-electron chi connectivity index (χ1n) is 12.3. The zero-order chi connectivity index (χ0) is 25.4. The van der Waals surface area contributed by atoms with Gasteiger partial charge in [0.2, 0.25) is 0 Å². The van der Waals surface area contributed by atoms with Crippen LogP contribution in [0.15, 0.2) is 57.7 Å². The van der Waals surface area contributed by atoms with Gasteiger partial charge in [-0.05, 0) is 74.2 Å². The van der Waals surface area contributed by atoms with Crippen LogP contribution in [0.3, 0.4) is 0 Å². The van der Waals surface area contributed by atoms with E-state index in [1.165, 1.54) is 21.9 Å². The molecule has 0 saturated heterocycles. The molecule has 0 unspecified atom stereocenters. The molecule has 188 valence electrons. The minimum absolute atomic E-state index is 0.0444. The number of hydrogen-bond acceptors (Lipinski definition) is 4. The second kappa shape index (κ2) is 10.4. The highest BCUT2D eigenvalue weighted by Crippen LogP contribution is 2.51. The zero-order valence-corrected chi connectivity index (χ0v) is 23.3. The Labute approximate surface area is 226 Å². The minimum Gasteiger partial charge on any atom is -0.466 e. The number of benzene rings is 2. The van der Waals surface area contributed by atoms with Crippen molar-refractivity contribution in [1.29, 1.82) is 0 Å². The SMILES string of the molecule is CCOC(=O)[C@@H]1C[C@H]1c1c[nH]c2ccc(Br)cc12.CCOC(=O)[C@H]1C[C@@H]1c1c[nH]c2ccc(Br)cc12. The van der Waals surface area contributed by atoms with E-state index in [2.05, 4.69) is 54.0 Å². The second-order valence-electron chi connectivity index (χ2n) is 9.27. The van der Waals surface area contributed by atoms with Crippen LogP contribution in [0.2, 0.25) is 0 Å². The molecule has 2 aliphatic rings. The Morgan fingerprint density at radius 1 is 0.778 bits per heavy atom. The monoisotopic (exact) mass is 614 g/mol. The summed E-state index contributed by atoms with van der Waals surface area (Å²) in [4.78, 5) is 29.9. The molecule has 2 heterocycles. The predicted molar refractivity (Wildman–Crippen MR) is 147 cm³/mol. The number of ether oxygens (including phenoxy) is 2. The Bertz CT molecular complexity index is 1320. The standard InChI is InChI=1S/2C14H14BrNO2/c2*1-2-18-14(17)11-6-9(11)12-7-16-13-4-3-8(15)5-10(12)13/h2*3-5,7,9,11,16H,2,6H2,1H3/t2*9-,11-/m10/s1. The zero-order valence-electron chi connectivity index (χ0n) is 20.1. The highest BCUT2D eigenvalue weighted by Gasteiger charge is 2.47. The van der Waals surface area contributed by atoms with Crippen molar-refractivity contribution in [3.63, 3.8) is 0 Å². The lowest BCUT2D eigenvalue weighted by Gasteiger charge is -2.00. The first-order valence-corrected chi connectivity index (χ1v) is 13.9. The third-order valence-corrected chi connectivity index (χ3v) is 7.90. The van der Waals surface area contributed by atoms with Gasteiger partial charge in [-0.3, -0.25) is 9.59 Å². The van der Waals surface area contributed by atoms with Crippen LogP contribution >= 0.6 is 31.9 Å². The summed E-state index contributed by atoms with van der Waals surface area (Å²) in [6.07, 6.45) is 5.83. The Balaban J connectivity index is 0.000000148. The van der Waals surface area contributed by atoms with Gasteiger partial charge in [0.25, 0.3) is 0 Å². The van der Waals surface area contributed by atoms with E-state index < -0.39 is 0 Å². The summed E-state index contributed by atoms with van der Waals surface area (Å²) in [6.45, 7) is 4.61. The number of halogens is 2. The van der Waals surface area contributed by atoms with Crippen molar-refractivity contribution in [2.45, 2.75) is 38.5 Å². The Kier molecular flexibility index (Phi) is 7.26. The molecule has 2 fully saturated rings. The van der Waals surface area contributed by atoms with Gasteiger partial charge in [0.15, 0.2) is 0 Å². The summed E-state index contributed by atoms with van der Waals surface area (Å²) in [7, 11) is 0. The van der Waals surface area contributed by atoms with Crippen molar-refractivity contribution in [1.82, 2.24) is 9.97 Å². The second-order valence-corrected chi connectivity index (χ2v) is 11.1. The van der Waals surface area contributed by atoms with Crippen LogP contribution in [-0.2, 0) is 19.1 Å². The van der Waals surface area contributed by atoms with E-state index in [0.29, 0.717) is 25.0 Å². The summed E-state index contributed by atoms with van der Waals surface area (Å²) in [5.74, 6) is 0.587. The van der Waals surface area contributed by atoms with Gasteiger partial charge < -0.3 is 19.4 Å². The van der Waals surface area contributed by atoms with E-state index in [4.69, 9.17) is 9.47 Å². The first kappa shape index (κ1) is 25.1. The van der Waals surface area contributed by atoms with E-state index in [1.807, 2.05) is 50.5 Å². The van der Waals surface area contributed by atoms with Crippen LogP contribution in [0.5, 0.6) is 0 Å². The lowest BCUT2D eigenvalue weighted by Crippen LogP contribution is -2.07. The molecular weight excluding hydrogens is 588 g/mol. The van der Waals surface area contributed by atoms with E-state index in [-0.39, 0.29) is 23.8 Å². The van der Waals surface area contributed by atoms with Crippen molar-refractivity contribution in [3.05, 3.63) is 68.9 Å². The number of esters is 2. The van der Waals surface area contributed by atoms with Gasteiger partial charge in [-0.25, -0.2) is 0 Å². The van der Waals surface area contributed by atoms with Crippen LogP contribution in [0.25, 0.3) is 21.8 Å².